The summed E-state index contributed by atoms with van der Waals surface area (Å²) in [7, 11) is 0. The Morgan fingerprint density at radius 2 is 1.43 bits per heavy atom. The third-order valence-electron chi connectivity index (χ3n) is 4.97. The molecule has 0 saturated heterocycles. The molecule has 1 rings (SSSR count). The number of rotatable bonds is 15. The average molecular weight is 391 g/mol. The van der Waals surface area contributed by atoms with E-state index in [2.05, 4.69) is 17.6 Å². The van der Waals surface area contributed by atoms with Crippen LogP contribution in [-0.2, 0) is 4.79 Å². The molecule has 0 heterocycles. The zero-order chi connectivity index (χ0) is 20.6. The maximum atomic E-state index is 12.1. The second-order valence-electron chi connectivity index (χ2n) is 7.55. The summed E-state index contributed by atoms with van der Waals surface area (Å²) < 4.78 is 0. The predicted octanol–water partition coefficient (Wildman–Crippen LogP) is 4.20. The first-order valence-corrected chi connectivity index (χ1v) is 10.9. The number of hydrogen-bond donors (Lipinski definition) is 3. The summed E-state index contributed by atoms with van der Waals surface area (Å²) in [5.74, 6) is -0.730. The summed E-state index contributed by atoms with van der Waals surface area (Å²) in [4.78, 5) is 24.1. The minimum Gasteiger partial charge on any atom is -0.381 e. The number of aliphatic hydroxyl groups is 1. The molecule has 0 aliphatic rings. The van der Waals surface area contributed by atoms with Gasteiger partial charge in [-0.2, -0.15) is 0 Å². The van der Waals surface area contributed by atoms with Crippen molar-refractivity contribution in [1.82, 2.24) is 10.6 Å². The number of carbonyl (C=O) groups is 2. The molecule has 0 spiro atoms. The highest BCUT2D eigenvalue weighted by molar-refractivity contribution is 5.94. The molecule has 1 aromatic rings. The van der Waals surface area contributed by atoms with Crippen LogP contribution in [0.1, 0.15) is 88.4 Å². The van der Waals surface area contributed by atoms with Crippen molar-refractivity contribution < 1.29 is 14.7 Å². The van der Waals surface area contributed by atoms with E-state index in [1.165, 1.54) is 51.4 Å². The quantitative estimate of drug-likeness (QED) is 0.393. The third-order valence-corrected chi connectivity index (χ3v) is 4.97. The Morgan fingerprint density at radius 1 is 0.893 bits per heavy atom. The Morgan fingerprint density at radius 3 is 2.00 bits per heavy atom. The van der Waals surface area contributed by atoms with Gasteiger partial charge >= 0.3 is 0 Å². The second-order valence-corrected chi connectivity index (χ2v) is 7.55. The molecule has 0 aliphatic carbocycles. The first-order chi connectivity index (χ1) is 13.6. The van der Waals surface area contributed by atoms with Crippen LogP contribution in [0.2, 0.25) is 0 Å². The molecular weight excluding hydrogens is 352 g/mol. The summed E-state index contributed by atoms with van der Waals surface area (Å²) >= 11 is 0. The largest absolute Gasteiger partial charge is 0.381 e. The van der Waals surface area contributed by atoms with Crippen molar-refractivity contribution in [3.63, 3.8) is 0 Å². The number of aliphatic hydroxyl groups excluding tert-OH is 1. The molecule has 5 nitrogen and oxygen atoms in total. The Bertz CT molecular complexity index is 548. The summed E-state index contributed by atoms with van der Waals surface area (Å²) in [6.07, 6.45) is 11.2. The fourth-order valence-electron chi connectivity index (χ4n) is 3.11. The molecule has 158 valence electrons. The topological polar surface area (TPSA) is 78.4 Å². The van der Waals surface area contributed by atoms with Gasteiger partial charge in [0.15, 0.2) is 6.10 Å². The van der Waals surface area contributed by atoms with E-state index in [9.17, 15) is 14.7 Å². The molecule has 5 heteroatoms. The molecule has 0 bridgehead atoms. The van der Waals surface area contributed by atoms with Gasteiger partial charge in [-0.15, -0.1) is 0 Å². The summed E-state index contributed by atoms with van der Waals surface area (Å²) in [5.41, 5.74) is 0.507. The molecular formula is C23H38N2O3. The zero-order valence-electron chi connectivity index (χ0n) is 17.6. The van der Waals surface area contributed by atoms with Gasteiger partial charge in [0.1, 0.15) is 0 Å². The number of amides is 2. The summed E-state index contributed by atoms with van der Waals surface area (Å²) in [5, 5.41) is 15.5. The van der Waals surface area contributed by atoms with Gasteiger partial charge in [0, 0.05) is 12.1 Å². The maximum absolute atomic E-state index is 12.1. The molecule has 0 aromatic heterocycles. The number of unbranched alkanes of at least 4 members (excludes halogenated alkanes) is 9. The fourth-order valence-corrected chi connectivity index (χ4v) is 3.11. The minimum absolute atomic E-state index is 0.297. The monoisotopic (exact) mass is 390 g/mol. The SMILES string of the molecule is CCCCCCCCCCCCNC(=O)[C@H](O)[C@H](C)NC(=O)c1ccccc1. The van der Waals surface area contributed by atoms with Crippen molar-refractivity contribution in [3.8, 4) is 0 Å². The smallest absolute Gasteiger partial charge is 0.251 e. The Balaban J connectivity index is 2.08. The third kappa shape index (κ3) is 10.5. The highest BCUT2D eigenvalue weighted by atomic mass is 16.3. The van der Waals surface area contributed by atoms with Gasteiger partial charge in [-0.05, 0) is 25.5 Å². The maximum Gasteiger partial charge on any atom is 0.251 e. The molecule has 0 saturated carbocycles. The lowest BCUT2D eigenvalue weighted by Gasteiger charge is -2.19. The summed E-state index contributed by atoms with van der Waals surface area (Å²) in [6, 6.07) is 8.11. The van der Waals surface area contributed by atoms with Crippen LogP contribution in [0.4, 0.5) is 0 Å². The molecule has 0 fully saturated rings. The van der Waals surface area contributed by atoms with Gasteiger partial charge in [0.25, 0.3) is 11.8 Å². The Hall–Kier alpha value is -1.88. The van der Waals surface area contributed by atoms with E-state index in [0.717, 1.165) is 12.8 Å². The van der Waals surface area contributed by atoms with Crippen LogP contribution in [0, 0.1) is 0 Å². The number of hydrogen-bond acceptors (Lipinski definition) is 3. The standard InChI is InChI=1S/C23H38N2O3/c1-3-4-5-6-7-8-9-10-11-15-18-24-23(28)21(26)19(2)25-22(27)20-16-13-12-14-17-20/h12-14,16-17,19,21,26H,3-11,15,18H2,1-2H3,(H,24,28)(H,25,27)/t19-,21+/m0/s1. The van der Waals surface area contributed by atoms with E-state index in [4.69, 9.17) is 0 Å². The normalized spacial score (nSPS) is 13.0. The molecule has 28 heavy (non-hydrogen) atoms. The Kier molecular flexibility index (Phi) is 13.0. The van der Waals surface area contributed by atoms with Gasteiger partial charge in [-0.3, -0.25) is 9.59 Å². The van der Waals surface area contributed by atoms with E-state index >= 15 is 0 Å². The van der Waals surface area contributed by atoms with Crippen molar-refractivity contribution in [3.05, 3.63) is 35.9 Å². The van der Waals surface area contributed by atoms with E-state index < -0.39 is 18.1 Å². The van der Waals surface area contributed by atoms with E-state index in [1.54, 1.807) is 31.2 Å². The number of benzene rings is 1. The van der Waals surface area contributed by atoms with Crippen molar-refractivity contribution in [2.24, 2.45) is 0 Å². The van der Waals surface area contributed by atoms with Crippen LogP contribution in [0.15, 0.2) is 30.3 Å². The molecule has 0 aliphatic heterocycles. The zero-order valence-corrected chi connectivity index (χ0v) is 17.6. The number of carbonyl (C=O) groups excluding carboxylic acids is 2. The Labute approximate surface area is 170 Å². The first kappa shape index (κ1) is 24.2. The number of nitrogens with one attached hydrogen (secondary N) is 2. The van der Waals surface area contributed by atoms with Crippen LogP contribution in [-0.4, -0.2) is 35.6 Å². The van der Waals surface area contributed by atoms with Crippen LogP contribution in [0.3, 0.4) is 0 Å². The van der Waals surface area contributed by atoms with Gasteiger partial charge in [0.2, 0.25) is 0 Å². The van der Waals surface area contributed by atoms with Crippen molar-refractivity contribution in [2.45, 2.75) is 90.2 Å². The van der Waals surface area contributed by atoms with E-state index in [-0.39, 0.29) is 5.91 Å². The molecule has 0 unspecified atom stereocenters. The average Bonchev–Trinajstić information content (AvgIpc) is 2.71. The van der Waals surface area contributed by atoms with Crippen LogP contribution >= 0.6 is 0 Å². The van der Waals surface area contributed by atoms with Gasteiger partial charge in [0.05, 0.1) is 6.04 Å². The highest BCUT2D eigenvalue weighted by Gasteiger charge is 2.23. The second kappa shape index (κ2) is 15.1. The fraction of sp³-hybridized carbons (Fsp3) is 0.652. The van der Waals surface area contributed by atoms with Crippen LogP contribution in [0.25, 0.3) is 0 Å². The molecule has 1 aromatic carbocycles. The molecule has 0 radical (unpaired) electrons. The van der Waals surface area contributed by atoms with Crippen LogP contribution in [0.5, 0.6) is 0 Å². The van der Waals surface area contributed by atoms with Gasteiger partial charge < -0.3 is 15.7 Å². The first-order valence-electron chi connectivity index (χ1n) is 10.9. The van der Waals surface area contributed by atoms with Crippen molar-refractivity contribution >= 4 is 11.8 Å². The molecule has 2 amide bonds. The molecule has 3 N–H and O–H groups in total. The lowest BCUT2D eigenvalue weighted by molar-refractivity contribution is -0.130. The van der Waals surface area contributed by atoms with Gasteiger partial charge in [-0.1, -0.05) is 82.9 Å². The van der Waals surface area contributed by atoms with Crippen molar-refractivity contribution in [1.29, 1.82) is 0 Å². The highest BCUT2D eigenvalue weighted by Crippen LogP contribution is 2.10. The predicted molar refractivity (Wildman–Crippen MR) is 114 cm³/mol. The van der Waals surface area contributed by atoms with Crippen LogP contribution < -0.4 is 10.6 Å². The van der Waals surface area contributed by atoms with Crippen molar-refractivity contribution in [2.75, 3.05) is 6.54 Å². The summed E-state index contributed by atoms with van der Waals surface area (Å²) in [6.45, 7) is 4.43. The lowest BCUT2D eigenvalue weighted by Crippen LogP contribution is -2.49. The van der Waals surface area contributed by atoms with E-state index in [0.29, 0.717) is 12.1 Å². The minimum atomic E-state index is -1.25. The van der Waals surface area contributed by atoms with E-state index in [1.807, 2.05) is 6.07 Å². The lowest BCUT2D eigenvalue weighted by atomic mass is 10.1. The van der Waals surface area contributed by atoms with Gasteiger partial charge in [-0.25, -0.2) is 0 Å². The molecule has 2 atom stereocenters.